The van der Waals surface area contributed by atoms with Gasteiger partial charge in [0.1, 0.15) is 6.54 Å². The lowest BCUT2D eigenvalue weighted by Gasteiger charge is -2.18. The summed E-state index contributed by atoms with van der Waals surface area (Å²) in [7, 11) is -3.74. The number of amides is 1. The number of nitrogens with zero attached hydrogens (tertiary/aromatic N) is 3. The van der Waals surface area contributed by atoms with E-state index in [0.29, 0.717) is 18.2 Å². The summed E-state index contributed by atoms with van der Waals surface area (Å²) in [6.45, 7) is 7.79. The Labute approximate surface area is 191 Å². The predicted molar refractivity (Wildman–Crippen MR) is 126 cm³/mol. The van der Waals surface area contributed by atoms with Gasteiger partial charge in [0, 0.05) is 36.3 Å². The minimum Gasteiger partial charge on any atom is -0.305 e. The van der Waals surface area contributed by atoms with Gasteiger partial charge in [-0.1, -0.05) is 31.5 Å². The van der Waals surface area contributed by atoms with Crippen molar-refractivity contribution in [1.82, 2.24) is 13.9 Å². The van der Waals surface area contributed by atoms with Crippen molar-refractivity contribution in [3.8, 4) is 11.3 Å². The summed E-state index contributed by atoms with van der Waals surface area (Å²) in [6, 6.07) is 8.51. The maximum atomic E-state index is 12.7. The molecule has 3 rings (SSSR count). The van der Waals surface area contributed by atoms with Crippen LogP contribution in [0, 0.1) is 13.8 Å². The predicted octanol–water partition coefficient (Wildman–Crippen LogP) is 3.26. The number of aryl methyl sites for hydroxylation is 2. The summed E-state index contributed by atoms with van der Waals surface area (Å²) in [5, 5.41) is 4.96. The third kappa shape index (κ3) is 5.14. The van der Waals surface area contributed by atoms with Gasteiger partial charge in [0.15, 0.2) is 5.13 Å². The van der Waals surface area contributed by atoms with Crippen LogP contribution in [0.4, 0.5) is 5.13 Å². The molecule has 0 atom stereocenters. The van der Waals surface area contributed by atoms with Crippen LogP contribution in [0.15, 0.2) is 51.6 Å². The molecule has 10 heteroatoms. The van der Waals surface area contributed by atoms with Gasteiger partial charge >= 0.3 is 0 Å². The molecule has 170 valence electrons. The fraction of sp³-hybridized carbons (Fsp3) is 0.318. The van der Waals surface area contributed by atoms with Gasteiger partial charge in [-0.25, -0.2) is 13.4 Å². The third-order valence-electron chi connectivity index (χ3n) is 5.03. The van der Waals surface area contributed by atoms with Gasteiger partial charge in [-0.3, -0.25) is 9.59 Å². The Morgan fingerprint density at radius 2 is 1.88 bits per heavy atom. The van der Waals surface area contributed by atoms with Crippen molar-refractivity contribution in [2.24, 2.45) is 0 Å². The number of hydrogen-bond acceptors (Lipinski definition) is 6. The van der Waals surface area contributed by atoms with E-state index >= 15 is 0 Å². The van der Waals surface area contributed by atoms with Crippen molar-refractivity contribution in [3.63, 3.8) is 0 Å². The molecule has 8 nitrogen and oxygen atoms in total. The van der Waals surface area contributed by atoms with Gasteiger partial charge in [-0.05, 0) is 31.5 Å². The van der Waals surface area contributed by atoms with E-state index in [9.17, 15) is 18.0 Å². The van der Waals surface area contributed by atoms with E-state index < -0.39 is 21.5 Å². The average molecular weight is 475 g/mol. The second-order valence-electron chi connectivity index (χ2n) is 7.32. The SMILES string of the molecule is CCN(CC)S(=O)(=O)c1ccc(=O)n(CC(=O)Nc2nc(-c3cc(C)ccc3C)cs2)c1. The number of carbonyl (C=O) groups is 1. The van der Waals surface area contributed by atoms with E-state index in [2.05, 4.69) is 10.3 Å². The summed E-state index contributed by atoms with van der Waals surface area (Å²) in [5.41, 5.74) is 3.48. The highest BCUT2D eigenvalue weighted by Gasteiger charge is 2.22. The molecule has 0 radical (unpaired) electrons. The van der Waals surface area contributed by atoms with Crippen LogP contribution in [0.25, 0.3) is 11.3 Å². The highest BCUT2D eigenvalue weighted by atomic mass is 32.2. The van der Waals surface area contributed by atoms with Gasteiger partial charge < -0.3 is 9.88 Å². The molecular weight excluding hydrogens is 448 g/mol. The first kappa shape index (κ1) is 23.8. The van der Waals surface area contributed by atoms with Crippen LogP contribution in [0.5, 0.6) is 0 Å². The van der Waals surface area contributed by atoms with Gasteiger partial charge in [0.05, 0.1) is 10.6 Å². The first-order chi connectivity index (χ1) is 15.1. The Morgan fingerprint density at radius 1 is 1.16 bits per heavy atom. The Bertz CT molecular complexity index is 1290. The van der Waals surface area contributed by atoms with E-state index in [0.717, 1.165) is 33.0 Å². The molecule has 0 aliphatic rings. The van der Waals surface area contributed by atoms with Crippen molar-refractivity contribution in [2.75, 3.05) is 18.4 Å². The minimum atomic E-state index is -3.74. The number of carbonyl (C=O) groups excluding carboxylic acids is 1. The number of anilines is 1. The van der Waals surface area contributed by atoms with Crippen molar-refractivity contribution < 1.29 is 13.2 Å². The van der Waals surface area contributed by atoms with Crippen molar-refractivity contribution in [3.05, 3.63) is 63.4 Å². The van der Waals surface area contributed by atoms with E-state index in [1.807, 2.05) is 37.4 Å². The summed E-state index contributed by atoms with van der Waals surface area (Å²) in [6.07, 6.45) is 1.21. The molecule has 1 aromatic carbocycles. The highest BCUT2D eigenvalue weighted by molar-refractivity contribution is 7.89. The number of pyridine rings is 1. The van der Waals surface area contributed by atoms with E-state index in [4.69, 9.17) is 0 Å². The molecule has 0 aliphatic heterocycles. The lowest BCUT2D eigenvalue weighted by Crippen LogP contribution is -2.33. The standard InChI is InChI=1S/C22H26N4O4S2/c1-5-26(6-2)32(29,30)17-9-10-21(28)25(12-17)13-20(27)24-22-23-19(14-31-22)18-11-15(3)7-8-16(18)4/h7-12,14H,5-6,13H2,1-4H3,(H,23,24,27). The molecule has 0 bridgehead atoms. The minimum absolute atomic E-state index is 0.0277. The molecule has 0 saturated heterocycles. The zero-order valence-corrected chi connectivity index (χ0v) is 20.1. The average Bonchev–Trinajstić information content (AvgIpc) is 3.20. The molecular formula is C22H26N4O4S2. The maximum absolute atomic E-state index is 12.7. The number of hydrogen-bond donors (Lipinski definition) is 1. The van der Waals surface area contributed by atoms with Crippen LogP contribution in [0.1, 0.15) is 25.0 Å². The van der Waals surface area contributed by atoms with Gasteiger partial charge in [-0.2, -0.15) is 4.31 Å². The first-order valence-corrected chi connectivity index (χ1v) is 12.5. The Hall–Kier alpha value is -2.82. The van der Waals surface area contributed by atoms with Crippen LogP contribution >= 0.6 is 11.3 Å². The number of benzene rings is 1. The number of nitrogens with one attached hydrogen (secondary N) is 1. The summed E-state index contributed by atoms with van der Waals surface area (Å²) in [4.78, 5) is 29.2. The molecule has 0 fully saturated rings. The first-order valence-electron chi connectivity index (χ1n) is 10.2. The third-order valence-corrected chi connectivity index (χ3v) is 7.82. The summed E-state index contributed by atoms with van der Waals surface area (Å²) in [5.74, 6) is -0.466. The molecule has 2 heterocycles. The molecule has 0 spiro atoms. The van der Waals surface area contributed by atoms with Gasteiger partial charge in [0.25, 0.3) is 5.56 Å². The lowest BCUT2D eigenvalue weighted by atomic mass is 10.0. The monoisotopic (exact) mass is 474 g/mol. The molecule has 1 N–H and O–H groups in total. The van der Waals surface area contributed by atoms with Crippen molar-refractivity contribution >= 4 is 32.4 Å². The van der Waals surface area contributed by atoms with Crippen LogP contribution in [0.3, 0.4) is 0 Å². The smallest absolute Gasteiger partial charge is 0.251 e. The van der Waals surface area contributed by atoms with E-state index in [1.54, 1.807) is 13.8 Å². The second kappa shape index (κ2) is 9.76. The largest absolute Gasteiger partial charge is 0.305 e. The molecule has 2 aromatic heterocycles. The normalized spacial score (nSPS) is 11.7. The van der Waals surface area contributed by atoms with Crippen LogP contribution < -0.4 is 10.9 Å². The quantitative estimate of drug-likeness (QED) is 0.540. The zero-order chi connectivity index (χ0) is 23.5. The Balaban J connectivity index is 1.78. The van der Waals surface area contributed by atoms with Crippen LogP contribution in [-0.2, 0) is 21.4 Å². The Morgan fingerprint density at radius 3 is 2.56 bits per heavy atom. The van der Waals surface area contributed by atoms with Crippen LogP contribution in [-0.4, -0.2) is 41.3 Å². The number of aromatic nitrogens is 2. The Kier molecular flexibility index (Phi) is 7.27. The second-order valence-corrected chi connectivity index (χ2v) is 10.1. The maximum Gasteiger partial charge on any atom is 0.251 e. The van der Waals surface area contributed by atoms with Crippen molar-refractivity contribution in [1.29, 1.82) is 0 Å². The van der Waals surface area contributed by atoms with E-state index in [1.165, 1.54) is 27.9 Å². The van der Waals surface area contributed by atoms with Crippen LogP contribution in [0.2, 0.25) is 0 Å². The molecule has 32 heavy (non-hydrogen) atoms. The van der Waals surface area contributed by atoms with Gasteiger partial charge in [-0.15, -0.1) is 11.3 Å². The molecule has 3 aromatic rings. The number of rotatable bonds is 8. The van der Waals surface area contributed by atoms with Crippen molar-refractivity contribution in [2.45, 2.75) is 39.1 Å². The molecule has 1 amide bonds. The fourth-order valence-corrected chi connectivity index (χ4v) is 5.48. The lowest BCUT2D eigenvalue weighted by molar-refractivity contribution is -0.116. The fourth-order valence-electron chi connectivity index (χ4n) is 3.28. The molecule has 0 saturated carbocycles. The molecule has 0 unspecified atom stereocenters. The number of thiazole rings is 1. The zero-order valence-electron chi connectivity index (χ0n) is 18.5. The van der Waals surface area contributed by atoms with Gasteiger partial charge in [0.2, 0.25) is 15.9 Å². The topological polar surface area (TPSA) is 101 Å². The summed E-state index contributed by atoms with van der Waals surface area (Å²) < 4.78 is 27.8. The van der Waals surface area contributed by atoms with E-state index in [-0.39, 0.29) is 11.4 Å². The highest BCUT2D eigenvalue weighted by Crippen LogP contribution is 2.28. The number of sulfonamides is 1. The molecule has 0 aliphatic carbocycles. The summed E-state index contributed by atoms with van der Waals surface area (Å²) >= 11 is 1.29.